The Kier molecular flexibility index (Phi) is 13.2. The van der Waals surface area contributed by atoms with Crippen molar-refractivity contribution in [1.29, 1.82) is 0 Å². The van der Waals surface area contributed by atoms with Gasteiger partial charge in [0.1, 0.15) is 11.4 Å². The molecule has 1 aliphatic heterocycles. The van der Waals surface area contributed by atoms with Crippen LogP contribution >= 0.6 is 0 Å². The quantitative estimate of drug-likeness (QED) is 0.147. The van der Waals surface area contributed by atoms with Crippen molar-refractivity contribution >= 4 is 40.7 Å². The highest BCUT2D eigenvalue weighted by Crippen LogP contribution is 2.20. The summed E-state index contributed by atoms with van der Waals surface area (Å²) < 4.78 is 0. The van der Waals surface area contributed by atoms with Crippen LogP contribution in [0.3, 0.4) is 0 Å². The van der Waals surface area contributed by atoms with Crippen LogP contribution in [0, 0.1) is 0 Å². The molecule has 1 saturated heterocycles. The number of ketones is 1. The van der Waals surface area contributed by atoms with Gasteiger partial charge in [0, 0.05) is 87.6 Å². The third-order valence-corrected chi connectivity index (χ3v) is 7.33. The second-order valence-corrected chi connectivity index (χ2v) is 11.6. The Morgan fingerprint density at radius 1 is 0.978 bits per heavy atom. The Morgan fingerprint density at radius 2 is 1.72 bits per heavy atom. The Morgan fingerprint density at radius 3 is 2.46 bits per heavy atom. The zero-order valence-electron chi connectivity index (χ0n) is 26.9. The monoisotopic (exact) mass is 627 g/mol. The van der Waals surface area contributed by atoms with Gasteiger partial charge >= 0.3 is 0 Å². The highest BCUT2D eigenvalue weighted by atomic mass is 16.2. The van der Waals surface area contributed by atoms with Crippen molar-refractivity contribution in [2.24, 2.45) is 0 Å². The van der Waals surface area contributed by atoms with E-state index in [1.54, 1.807) is 42.7 Å². The molecule has 1 aliphatic rings. The fourth-order valence-corrected chi connectivity index (χ4v) is 5.22. The van der Waals surface area contributed by atoms with Gasteiger partial charge < -0.3 is 26.6 Å². The molecule has 0 bridgehead atoms. The summed E-state index contributed by atoms with van der Waals surface area (Å²) in [5.74, 6) is 0.110. The maximum Gasteiger partial charge on any atom is 0.260 e. The third-order valence-electron chi connectivity index (χ3n) is 7.33. The van der Waals surface area contributed by atoms with Gasteiger partial charge in [-0.2, -0.15) is 4.98 Å². The van der Waals surface area contributed by atoms with Crippen LogP contribution in [0.2, 0.25) is 0 Å². The van der Waals surface area contributed by atoms with Gasteiger partial charge in [0.15, 0.2) is 5.78 Å². The molecule has 4 rings (SSSR count). The first-order valence-corrected chi connectivity index (χ1v) is 15.9. The molecule has 0 saturated carbocycles. The third kappa shape index (κ3) is 11.4. The number of pyridine rings is 1. The molecule has 3 aromatic rings. The van der Waals surface area contributed by atoms with Crippen LogP contribution in [0.1, 0.15) is 56.0 Å². The Hall–Kier alpha value is -4.68. The van der Waals surface area contributed by atoms with E-state index in [9.17, 15) is 14.4 Å². The number of aromatic nitrogens is 3. The maximum atomic E-state index is 13.2. The standard InChI is InChI=1S/C34H45N9O3/c1-4-15-36-32-30(21-38-34(42-32)37-18-14-26-12-16-35-17-13-26)33(46)41-28-8-5-7-27(20-28)40-31(45)11-10-29(44)9-6-19-43-22-24(2)39-25(3)23-43/h5-9,12-13,16-17,20-21,24-25,39H,4,10-11,14-15,18-19,22-23H2,1-3H3,(H,40,45)(H,41,46)(H2,36,37,38,42)/b9-6+. The number of carbonyl (C=O) groups is 3. The molecule has 12 heteroatoms. The normalized spacial score (nSPS) is 16.6. The molecular weight excluding hydrogens is 582 g/mol. The predicted molar refractivity (Wildman–Crippen MR) is 182 cm³/mol. The van der Waals surface area contributed by atoms with E-state index in [1.165, 1.54) is 6.20 Å². The molecule has 1 aromatic carbocycles. The molecule has 2 unspecified atom stereocenters. The first kappa shape index (κ1) is 34.2. The minimum atomic E-state index is -0.382. The largest absolute Gasteiger partial charge is 0.369 e. The number of rotatable bonds is 16. The lowest BCUT2D eigenvalue weighted by atomic mass is 10.1. The first-order valence-electron chi connectivity index (χ1n) is 15.9. The van der Waals surface area contributed by atoms with Gasteiger partial charge in [0.25, 0.3) is 5.91 Å². The van der Waals surface area contributed by atoms with Crippen molar-refractivity contribution in [2.75, 3.05) is 54.0 Å². The molecule has 2 aromatic heterocycles. The lowest BCUT2D eigenvalue weighted by Crippen LogP contribution is -2.54. The lowest BCUT2D eigenvalue weighted by Gasteiger charge is -2.35. The van der Waals surface area contributed by atoms with Crippen molar-refractivity contribution in [1.82, 2.24) is 25.2 Å². The summed E-state index contributed by atoms with van der Waals surface area (Å²) in [6.07, 6.45) is 10.3. The Labute approximate surface area is 270 Å². The molecule has 0 radical (unpaired) electrons. The smallest absolute Gasteiger partial charge is 0.260 e. The van der Waals surface area contributed by atoms with E-state index in [4.69, 9.17) is 0 Å². The van der Waals surface area contributed by atoms with E-state index >= 15 is 0 Å². The Balaban J connectivity index is 1.27. The minimum absolute atomic E-state index is 0.0637. The molecule has 0 aliphatic carbocycles. The van der Waals surface area contributed by atoms with Gasteiger partial charge in [-0.15, -0.1) is 0 Å². The van der Waals surface area contributed by atoms with E-state index in [-0.39, 0.29) is 30.4 Å². The number of piperazine rings is 1. The number of hydrogen-bond donors (Lipinski definition) is 5. The van der Waals surface area contributed by atoms with E-state index < -0.39 is 0 Å². The van der Waals surface area contributed by atoms with Gasteiger partial charge in [0.05, 0.1) is 0 Å². The summed E-state index contributed by atoms with van der Waals surface area (Å²) in [5, 5.41) is 15.6. The highest BCUT2D eigenvalue weighted by molar-refractivity contribution is 6.07. The fraction of sp³-hybridized carbons (Fsp3) is 0.412. The highest BCUT2D eigenvalue weighted by Gasteiger charge is 2.20. The second-order valence-electron chi connectivity index (χ2n) is 11.6. The van der Waals surface area contributed by atoms with Crippen molar-refractivity contribution in [3.05, 3.63) is 78.3 Å². The van der Waals surface area contributed by atoms with E-state index in [0.717, 1.165) is 31.5 Å². The molecule has 46 heavy (non-hydrogen) atoms. The van der Waals surface area contributed by atoms with Crippen LogP contribution in [0.25, 0.3) is 0 Å². The second kappa shape index (κ2) is 17.7. The topological polar surface area (TPSA) is 153 Å². The summed E-state index contributed by atoms with van der Waals surface area (Å²) in [7, 11) is 0. The molecule has 12 nitrogen and oxygen atoms in total. The number of hydrogen-bond acceptors (Lipinski definition) is 10. The number of allylic oxidation sites excluding steroid dienone is 1. The van der Waals surface area contributed by atoms with E-state index in [2.05, 4.69) is 60.3 Å². The number of anilines is 4. The van der Waals surface area contributed by atoms with Crippen molar-refractivity contribution in [2.45, 2.75) is 58.5 Å². The zero-order chi connectivity index (χ0) is 32.7. The minimum Gasteiger partial charge on any atom is -0.369 e. The van der Waals surface area contributed by atoms with Crippen LogP contribution < -0.4 is 26.6 Å². The van der Waals surface area contributed by atoms with Crippen LogP contribution in [0.5, 0.6) is 0 Å². The van der Waals surface area contributed by atoms with Crippen LogP contribution in [0.15, 0.2) is 67.1 Å². The zero-order valence-corrected chi connectivity index (χ0v) is 26.9. The van der Waals surface area contributed by atoms with Crippen molar-refractivity contribution < 1.29 is 14.4 Å². The summed E-state index contributed by atoms with van der Waals surface area (Å²) in [6, 6.07) is 11.6. The molecule has 2 atom stereocenters. The average Bonchev–Trinajstić information content (AvgIpc) is 3.03. The number of carbonyl (C=O) groups excluding carboxylic acids is 3. The first-order chi connectivity index (χ1) is 22.3. The van der Waals surface area contributed by atoms with Crippen LogP contribution in [-0.2, 0) is 16.0 Å². The number of benzene rings is 1. The Bertz CT molecular complexity index is 1470. The van der Waals surface area contributed by atoms with E-state index in [1.807, 2.05) is 25.1 Å². The lowest BCUT2D eigenvalue weighted by molar-refractivity contribution is -0.120. The molecule has 0 spiro atoms. The molecular formula is C34H45N9O3. The van der Waals surface area contributed by atoms with Crippen molar-refractivity contribution in [3.8, 4) is 0 Å². The molecule has 244 valence electrons. The van der Waals surface area contributed by atoms with E-state index in [0.29, 0.717) is 60.4 Å². The van der Waals surface area contributed by atoms with Crippen LogP contribution in [-0.4, -0.2) is 82.3 Å². The SMILES string of the molecule is CCCNc1nc(NCCc2ccncc2)ncc1C(=O)Nc1cccc(NC(=O)CCC(=O)/C=C/CN2CC(C)NC(C)C2)c1. The fourth-order valence-electron chi connectivity index (χ4n) is 5.22. The van der Waals surface area contributed by atoms with Gasteiger partial charge in [-0.3, -0.25) is 24.3 Å². The van der Waals surface area contributed by atoms with Gasteiger partial charge in [-0.25, -0.2) is 4.98 Å². The average molecular weight is 628 g/mol. The van der Waals surface area contributed by atoms with Gasteiger partial charge in [0.2, 0.25) is 11.9 Å². The number of amides is 2. The summed E-state index contributed by atoms with van der Waals surface area (Å²) in [6.45, 7) is 10.2. The predicted octanol–water partition coefficient (Wildman–Crippen LogP) is 4.13. The van der Waals surface area contributed by atoms with Gasteiger partial charge in [-0.05, 0) is 68.7 Å². The number of nitrogens with one attached hydrogen (secondary N) is 5. The maximum absolute atomic E-state index is 13.2. The summed E-state index contributed by atoms with van der Waals surface area (Å²) in [5.41, 5.74) is 2.46. The summed E-state index contributed by atoms with van der Waals surface area (Å²) >= 11 is 0. The summed E-state index contributed by atoms with van der Waals surface area (Å²) in [4.78, 5) is 53.4. The van der Waals surface area contributed by atoms with Crippen LogP contribution in [0.4, 0.5) is 23.1 Å². The molecule has 5 N–H and O–H groups in total. The molecule has 3 heterocycles. The number of nitrogens with zero attached hydrogens (tertiary/aromatic N) is 4. The molecule has 1 fully saturated rings. The van der Waals surface area contributed by atoms with Crippen molar-refractivity contribution in [3.63, 3.8) is 0 Å². The van der Waals surface area contributed by atoms with Gasteiger partial charge in [-0.1, -0.05) is 19.1 Å². The molecule has 2 amide bonds.